The molecule has 0 aliphatic carbocycles. The Morgan fingerprint density at radius 3 is 2.67 bits per heavy atom. The summed E-state index contributed by atoms with van der Waals surface area (Å²) < 4.78 is 5.51. The van der Waals surface area contributed by atoms with E-state index in [2.05, 4.69) is 15.3 Å². The zero-order valence-corrected chi connectivity index (χ0v) is 10.6. The first-order chi connectivity index (χ1) is 8.58. The van der Waals surface area contributed by atoms with Crippen LogP contribution in [0.4, 0.5) is 5.95 Å². The van der Waals surface area contributed by atoms with Crippen LogP contribution in [0.2, 0.25) is 0 Å². The van der Waals surface area contributed by atoms with Gasteiger partial charge >= 0.3 is 0 Å². The highest BCUT2D eigenvalue weighted by Gasteiger charge is 2.30. The first-order valence-corrected chi connectivity index (χ1v) is 6.07. The highest BCUT2D eigenvalue weighted by molar-refractivity contribution is 5.92. The summed E-state index contributed by atoms with van der Waals surface area (Å²) in [5.74, 6) is 0.133. The average molecular weight is 250 g/mol. The van der Waals surface area contributed by atoms with Crippen LogP contribution in [0.25, 0.3) is 0 Å². The van der Waals surface area contributed by atoms with Crippen LogP contribution in [0.3, 0.4) is 0 Å². The lowest BCUT2D eigenvalue weighted by Gasteiger charge is -2.12. The van der Waals surface area contributed by atoms with Gasteiger partial charge in [-0.15, -0.1) is 0 Å². The first kappa shape index (κ1) is 12.9. The monoisotopic (exact) mass is 250 g/mol. The number of carbonyl (C=O) groups is 1. The zero-order valence-electron chi connectivity index (χ0n) is 10.6. The molecular weight excluding hydrogens is 232 g/mol. The van der Waals surface area contributed by atoms with E-state index in [0.717, 1.165) is 17.8 Å². The van der Waals surface area contributed by atoms with Crippen LogP contribution in [0.1, 0.15) is 24.2 Å². The Kier molecular flexibility index (Phi) is 3.88. The summed E-state index contributed by atoms with van der Waals surface area (Å²) in [6.45, 7) is 4.17. The molecule has 0 aromatic carbocycles. The van der Waals surface area contributed by atoms with E-state index in [1.54, 1.807) is 0 Å². The standard InChI is InChI=1S/C12H18N4O2/c1-7-5-8(2)15-12(14-7)16-11(17)10-4-3-9(6-13)18-10/h5,9-10H,3-4,6,13H2,1-2H3,(H,14,15,16,17). The molecule has 2 atom stereocenters. The second kappa shape index (κ2) is 5.41. The maximum absolute atomic E-state index is 11.9. The number of ether oxygens (including phenoxy) is 1. The highest BCUT2D eigenvalue weighted by Crippen LogP contribution is 2.19. The summed E-state index contributed by atoms with van der Waals surface area (Å²) in [7, 11) is 0. The minimum atomic E-state index is -0.442. The molecule has 1 aliphatic rings. The molecule has 1 aliphatic heterocycles. The van der Waals surface area contributed by atoms with Crippen molar-refractivity contribution in [3.63, 3.8) is 0 Å². The molecule has 1 aromatic rings. The van der Waals surface area contributed by atoms with Crippen molar-refractivity contribution in [1.82, 2.24) is 9.97 Å². The van der Waals surface area contributed by atoms with Gasteiger partial charge in [0.15, 0.2) is 0 Å². The van der Waals surface area contributed by atoms with Crippen molar-refractivity contribution in [2.24, 2.45) is 5.73 Å². The molecule has 3 N–H and O–H groups in total. The van der Waals surface area contributed by atoms with E-state index >= 15 is 0 Å². The van der Waals surface area contributed by atoms with Crippen LogP contribution in [0.15, 0.2) is 6.07 Å². The van der Waals surface area contributed by atoms with Crippen LogP contribution in [0.5, 0.6) is 0 Å². The zero-order chi connectivity index (χ0) is 13.1. The second-order valence-corrected chi connectivity index (χ2v) is 4.52. The van der Waals surface area contributed by atoms with Gasteiger partial charge in [-0.1, -0.05) is 0 Å². The molecule has 1 aromatic heterocycles. The molecule has 1 fully saturated rings. The summed E-state index contributed by atoms with van der Waals surface area (Å²) in [5.41, 5.74) is 7.16. The predicted octanol–water partition coefficient (Wildman–Crippen LogP) is 0.538. The lowest BCUT2D eigenvalue weighted by atomic mass is 10.2. The van der Waals surface area contributed by atoms with Crippen molar-refractivity contribution < 1.29 is 9.53 Å². The van der Waals surface area contributed by atoms with Crippen LogP contribution >= 0.6 is 0 Å². The fraction of sp³-hybridized carbons (Fsp3) is 0.583. The topological polar surface area (TPSA) is 90.1 Å². The Balaban J connectivity index is 1.99. The highest BCUT2D eigenvalue weighted by atomic mass is 16.5. The second-order valence-electron chi connectivity index (χ2n) is 4.52. The van der Waals surface area contributed by atoms with Crippen LogP contribution in [-0.2, 0) is 9.53 Å². The number of nitrogens with two attached hydrogens (primary N) is 1. The van der Waals surface area contributed by atoms with Crippen molar-refractivity contribution in [3.05, 3.63) is 17.5 Å². The minimum Gasteiger partial charge on any atom is -0.364 e. The Bertz CT molecular complexity index is 429. The molecular formula is C12H18N4O2. The Hall–Kier alpha value is -1.53. The average Bonchev–Trinajstić information content (AvgIpc) is 2.75. The van der Waals surface area contributed by atoms with Gasteiger partial charge < -0.3 is 10.5 Å². The van der Waals surface area contributed by atoms with Gasteiger partial charge in [-0.3, -0.25) is 10.1 Å². The van der Waals surface area contributed by atoms with Gasteiger partial charge in [0.1, 0.15) is 6.10 Å². The van der Waals surface area contributed by atoms with Crippen molar-refractivity contribution in [3.8, 4) is 0 Å². The Morgan fingerprint density at radius 2 is 2.11 bits per heavy atom. The van der Waals surface area contributed by atoms with Crippen LogP contribution in [-0.4, -0.2) is 34.6 Å². The number of carbonyl (C=O) groups excluding carboxylic acids is 1. The van der Waals surface area contributed by atoms with E-state index in [0.29, 0.717) is 18.9 Å². The number of rotatable bonds is 3. The number of anilines is 1. The molecule has 6 heteroatoms. The molecule has 0 bridgehead atoms. The van der Waals surface area contributed by atoms with E-state index in [1.807, 2.05) is 19.9 Å². The predicted molar refractivity (Wildman–Crippen MR) is 67.1 cm³/mol. The molecule has 18 heavy (non-hydrogen) atoms. The van der Waals surface area contributed by atoms with E-state index in [1.165, 1.54) is 0 Å². The van der Waals surface area contributed by atoms with Gasteiger partial charge in [-0.05, 0) is 32.8 Å². The Labute approximate surface area is 106 Å². The van der Waals surface area contributed by atoms with Gasteiger partial charge in [-0.25, -0.2) is 9.97 Å². The van der Waals surface area contributed by atoms with Gasteiger partial charge in [-0.2, -0.15) is 0 Å². The third-order valence-corrected chi connectivity index (χ3v) is 2.88. The minimum absolute atomic E-state index is 0.0130. The van der Waals surface area contributed by atoms with E-state index in [4.69, 9.17) is 10.5 Å². The van der Waals surface area contributed by atoms with E-state index in [9.17, 15) is 4.79 Å². The van der Waals surface area contributed by atoms with Gasteiger partial charge in [0.2, 0.25) is 5.95 Å². The number of aromatic nitrogens is 2. The fourth-order valence-corrected chi connectivity index (χ4v) is 2.04. The van der Waals surface area contributed by atoms with Crippen LogP contribution in [0, 0.1) is 13.8 Å². The molecule has 2 heterocycles. The quantitative estimate of drug-likeness (QED) is 0.817. The molecule has 0 spiro atoms. The molecule has 2 rings (SSSR count). The number of hydrogen-bond donors (Lipinski definition) is 2. The molecule has 1 saturated heterocycles. The fourth-order valence-electron chi connectivity index (χ4n) is 2.04. The van der Waals surface area contributed by atoms with E-state index in [-0.39, 0.29) is 12.0 Å². The van der Waals surface area contributed by atoms with Crippen molar-refractivity contribution in [1.29, 1.82) is 0 Å². The summed E-state index contributed by atoms with van der Waals surface area (Å²) >= 11 is 0. The largest absolute Gasteiger partial charge is 0.364 e. The normalized spacial score (nSPS) is 23.1. The summed E-state index contributed by atoms with van der Waals surface area (Å²) in [6, 6.07) is 1.85. The number of nitrogens with one attached hydrogen (secondary N) is 1. The maximum Gasteiger partial charge on any atom is 0.255 e. The number of amides is 1. The molecule has 1 amide bonds. The third-order valence-electron chi connectivity index (χ3n) is 2.88. The molecule has 98 valence electrons. The summed E-state index contributed by atoms with van der Waals surface area (Å²) in [6.07, 6.45) is 1.06. The Morgan fingerprint density at radius 1 is 1.44 bits per heavy atom. The summed E-state index contributed by atoms with van der Waals surface area (Å²) in [5, 5.41) is 2.68. The van der Waals surface area contributed by atoms with Gasteiger partial charge in [0, 0.05) is 17.9 Å². The SMILES string of the molecule is Cc1cc(C)nc(NC(=O)C2CCC(CN)O2)n1. The molecule has 0 saturated carbocycles. The molecule has 0 radical (unpaired) electrons. The van der Waals surface area contributed by atoms with Crippen molar-refractivity contribution in [2.75, 3.05) is 11.9 Å². The van der Waals surface area contributed by atoms with Gasteiger partial charge in [0.05, 0.1) is 6.10 Å². The van der Waals surface area contributed by atoms with Gasteiger partial charge in [0.25, 0.3) is 5.91 Å². The lowest BCUT2D eigenvalue weighted by molar-refractivity contribution is -0.126. The number of hydrogen-bond acceptors (Lipinski definition) is 5. The first-order valence-electron chi connectivity index (χ1n) is 6.07. The smallest absolute Gasteiger partial charge is 0.255 e. The summed E-state index contributed by atoms with van der Waals surface area (Å²) in [4.78, 5) is 20.3. The maximum atomic E-state index is 11.9. The number of aryl methyl sites for hydroxylation is 2. The lowest BCUT2D eigenvalue weighted by Crippen LogP contribution is -2.30. The third kappa shape index (κ3) is 3.02. The molecule has 6 nitrogen and oxygen atoms in total. The van der Waals surface area contributed by atoms with Crippen LogP contribution < -0.4 is 11.1 Å². The molecule has 2 unspecified atom stereocenters. The van der Waals surface area contributed by atoms with E-state index < -0.39 is 6.10 Å². The van der Waals surface area contributed by atoms with Crippen molar-refractivity contribution >= 4 is 11.9 Å². The van der Waals surface area contributed by atoms with Crippen molar-refractivity contribution in [2.45, 2.75) is 38.9 Å². The number of nitrogens with zero attached hydrogens (tertiary/aromatic N) is 2.